The quantitative estimate of drug-likeness (QED) is 0.782. The first-order chi connectivity index (χ1) is 9.60. The average Bonchev–Trinajstić information content (AvgIpc) is 2.91. The molecule has 1 atom stereocenters. The molecule has 1 unspecified atom stereocenters. The van der Waals surface area contributed by atoms with Crippen molar-refractivity contribution < 1.29 is 0 Å². The lowest BCUT2D eigenvalue weighted by Gasteiger charge is -2.20. The van der Waals surface area contributed by atoms with E-state index in [2.05, 4.69) is 61.0 Å². The third-order valence-electron chi connectivity index (χ3n) is 3.79. The Bertz CT molecular complexity index is 563. The molecule has 0 radical (unpaired) electrons. The Kier molecular flexibility index (Phi) is 5.42. The second-order valence-electron chi connectivity index (χ2n) is 5.01. The molecule has 0 fully saturated rings. The van der Waals surface area contributed by atoms with Crippen molar-refractivity contribution in [3.8, 4) is 0 Å². The highest BCUT2D eigenvalue weighted by molar-refractivity contribution is 9.11. The Morgan fingerprint density at radius 2 is 1.65 bits per heavy atom. The average molecular weight is 352 g/mol. The van der Waals surface area contributed by atoms with Crippen LogP contribution in [0.15, 0.2) is 28.1 Å². The predicted octanol–water partition coefficient (Wildman–Crippen LogP) is 5.25. The molecule has 0 aliphatic carbocycles. The van der Waals surface area contributed by atoms with E-state index in [9.17, 15) is 0 Å². The summed E-state index contributed by atoms with van der Waals surface area (Å²) < 4.78 is 1.14. The third-order valence-corrected chi connectivity index (χ3v) is 5.50. The van der Waals surface area contributed by atoms with Gasteiger partial charge in [0.25, 0.3) is 0 Å². The van der Waals surface area contributed by atoms with E-state index in [1.165, 1.54) is 27.1 Å². The van der Waals surface area contributed by atoms with Crippen LogP contribution in [0.5, 0.6) is 0 Å². The number of halogens is 1. The summed E-state index contributed by atoms with van der Waals surface area (Å²) in [5.41, 5.74) is 12.1. The molecule has 1 aromatic carbocycles. The van der Waals surface area contributed by atoms with Crippen LogP contribution < -0.4 is 5.73 Å². The lowest BCUT2D eigenvalue weighted by atomic mass is 9.89. The number of nitrogens with two attached hydrogens (primary N) is 1. The maximum atomic E-state index is 6.56. The van der Waals surface area contributed by atoms with E-state index < -0.39 is 0 Å². The van der Waals surface area contributed by atoms with Gasteiger partial charge in [0.1, 0.15) is 0 Å². The molecule has 0 spiro atoms. The summed E-state index contributed by atoms with van der Waals surface area (Å²) in [4.78, 5) is 1.23. The van der Waals surface area contributed by atoms with Gasteiger partial charge in [-0.05, 0) is 69.6 Å². The van der Waals surface area contributed by atoms with Gasteiger partial charge in [0.05, 0.1) is 9.83 Å². The summed E-state index contributed by atoms with van der Waals surface area (Å²) in [6.45, 7) is 6.65. The second-order valence-corrected chi connectivity index (χ2v) is 7.50. The summed E-state index contributed by atoms with van der Waals surface area (Å²) in [6.07, 6.45) is 3.16. The first-order valence-corrected chi connectivity index (χ1v) is 8.86. The van der Waals surface area contributed by atoms with Gasteiger partial charge in [-0.25, -0.2) is 0 Å². The van der Waals surface area contributed by atoms with Gasteiger partial charge < -0.3 is 5.73 Å². The minimum Gasteiger partial charge on any atom is -0.320 e. The van der Waals surface area contributed by atoms with Gasteiger partial charge in [0, 0.05) is 4.88 Å². The molecule has 108 valence electrons. The number of thiophene rings is 1. The molecular weight excluding hydrogens is 330 g/mol. The molecule has 0 bridgehead atoms. The van der Waals surface area contributed by atoms with Gasteiger partial charge in [-0.3, -0.25) is 0 Å². The van der Waals surface area contributed by atoms with Gasteiger partial charge >= 0.3 is 0 Å². The SMILES string of the molecule is CCc1cc(CC)c(C(N)c2ccc(Br)s2)c(CC)c1. The molecule has 0 amide bonds. The molecule has 2 aromatic rings. The summed E-state index contributed by atoms with van der Waals surface area (Å²) >= 11 is 5.26. The minimum atomic E-state index is -0.0119. The van der Waals surface area contributed by atoms with Crippen LogP contribution in [0.1, 0.15) is 53.9 Å². The lowest BCUT2D eigenvalue weighted by molar-refractivity contribution is 0.840. The van der Waals surface area contributed by atoms with Crippen molar-refractivity contribution in [3.05, 3.63) is 55.2 Å². The third kappa shape index (κ3) is 3.16. The summed E-state index contributed by atoms with van der Waals surface area (Å²) in [6, 6.07) is 8.86. The van der Waals surface area contributed by atoms with Gasteiger partial charge in [0.15, 0.2) is 0 Å². The number of rotatable bonds is 5. The molecule has 0 saturated heterocycles. The van der Waals surface area contributed by atoms with Gasteiger partial charge in [-0.2, -0.15) is 0 Å². The number of benzene rings is 1. The Hall–Kier alpha value is -0.640. The molecule has 0 saturated carbocycles. The highest BCUT2D eigenvalue weighted by Crippen LogP contribution is 2.34. The van der Waals surface area contributed by atoms with Crippen molar-refractivity contribution in [2.45, 2.75) is 46.1 Å². The molecule has 1 nitrogen and oxygen atoms in total. The highest BCUT2D eigenvalue weighted by atomic mass is 79.9. The lowest BCUT2D eigenvalue weighted by Crippen LogP contribution is -2.15. The van der Waals surface area contributed by atoms with Crippen LogP contribution in [0.25, 0.3) is 0 Å². The van der Waals surface area contributed by atoms with Crippen LogP contribution >= 0.6 is 27.3 Å². The fourth-order valence-electron chi connectivity index (χ4n) is 2.68. The normalized spacial score (nSPS) is 12.7. The molecule has 2 rings (SSSR count). The van der Waals surface area contributed by atoms with Crippen molar-refractivity contribution >= 4 is 27.3 Å². The predicted molar refractivity (Wildman–Crippen MR) is 92.6 cm³/mol. The van der Waals surface area contributed by atoms with Gasteiger partial charge in [0.2, 0.25) is 0 Å². The fourth-order valence-corrected chi connectivity index (χ4v) is 4.11. The van der Waals surface area contributed by atoms with Crippen LogP contribution in [-0.2, 0) is 19.3 Å². The summed E-state index contributed by atoms with van der Waals surface area (Å²) in [7, 11) is 0. The molecule has 3 heteroatoms. The maximum absolute atomic E-state index is 6.56. The summed E-state index contributed by atoms with van der Waals surface area (Å²) in [5, 5.41) is 0. The number of hydrogen-bond acceptors (Lipinski definition) is 2. The second kappa shape index (κ2) is 6.88. The highest BCUT2D eigenvalue weighted by Gasteiger charge is 2.18. The van der Waals surface area contributed by atoms with Crippen LogP contribution in [0.4, 0.5) is 0 Å². The van der Waals surface area contributed by atoms with Crippen LogP contribution in [0.3, 0.4) is 0 Å². The van der Waals surface area contributed by atoms with Crippen molar-refractivity contribution in [1.82, 2.24) is 0 Å². The van der Waals surface area contributed by atoms with E-state index in [0.717, 1.165) is 23.0 Å². The van der Waals surface area contributed by atoms with Crippen molar-refractivity contribution in [2.75, 3.05) is 0 Å². The zero-order valence-electron chi connectivity index (χ0n) is 12.4. The first-order valence-electron chi connectivity index (χ1n) is 7.26. The van der Waals surface area contributed by atoms with Crippen molar-refractivity contribution in [3.63, 3.8) is 0 Å². The Balaban J connectivity index is 2.53. The van der Waals surface area contributed by atoms with E-state index >= 15 is 0 Å². The molecule has 20 heavy (non-hydrogen) atoms. The number of hydrogen-bond donors (Lipinski definition) is 1. The Labute approximate surface area is 134 Å². The van der Waals surface area contributed by atoms with Crippen LogP contribution in [0, 0.1) is 0 Å². The standard InChI is InChI=1S/C17H22BrNS/c1-4-11-9-12(5-2)16(13(6-3)10-11)17(19)14-7-8-15(18)20-14/h7-10,17H,4-6,19H2,1-3H3. The van der Waals surface area contributed by atoms with Crippen LogP contribution in [0.2, 0.25) is 0 Å². The van der Waals surface area contributed by atoms with E-state index in [4.69, 9.17) is 5.73 Å². The molecular formula is C17H22BrNS. The summed E-state index contributed by atoms with van der Waals surface area (Å²) in [5.74, 6) is 0. The van der Waals surface area contributed by atoms with E-state index in [0.29, 0.717) is 0 Å². The first kappa shape index (κ1) is 15.7. The minimum absolute atomic E-state index is 0.0119. The largest absolute Gasteiger partial charge is 0.320 e. The zero-order valence-corrected chi connectivity index (χ0v) is 14.8. The monoisotopic (exact) mass is 351 g/mol. The fraction of sp³-hybridized carbons (Fsp3) is 0.412. The van der Waals surface area contributed by atoms with Crippen LogP contribution in [-0.4, -0.2) is 0 Å². The maximum Gasteiger partial charge on any atom is 0.0702 e. The van der Waals surface area contributed by atoms with E-state index in [-0.39, 0.29) is 6.04 Å². The van der Waals surface area contributed by atoms with Gasteiger partial charge in [-0.15, -0.1) is 11.3 Å². The number of aryl methyl sites for hydroxylation is 3. The Morgan fingerprint density at radius 3 is 2.05 bits per heavy atom. The molecule has 0 aliphatic heterocycles. The van der Waals surface area contributed by atoms with Gasteiger partial charge in [-0.1, -0.05) is 32.9 Å². The molecule has 1 heterocycles. The molecule has 1 aromatic heterocycles. The van der Waals surface area contributed by atoms with E-state index in [1.807, 2.05) is 0 Å². The van der Waals surface area contributed by atoms with Crippen molar-refractivity contribution in [1.29, 1.82) is 0 Å². The molecule has 2 N–H and O–H groups in total. The van der Waals surface area contributed by atoms with E-state index in [1.54, 1.807) is 11.3 Å². The molecule has 0 aliphatic rings. The Morgan fingerprint density at radius 1 is 1.05 bits per heavy atom. The zero-order chi connectivity index (χ0) is 14.7. The van der Waals surface area contributed by atoms with Crippen molar-refractivity contribution in [2.24, 2.45) is 5.73 Å². The topological polar surface area (TPSA) is 26.0 Å². The smallest absolute Gasteiger partial charge is 0.0702 e.